The van der Waals surface area contributed by atoms with Gasteiger partial charge in [-0.15, -0.1) is 11.3 Å². The summed E-state index contributed by atoms with van der Waals surface area (Å²) in [5.41, 5.74) is 0.0184. The molecule has 2 aromatic heterocycles. The van der Waals surface area contributed by atoms with E-state index in [2.05, 4.69) is 18.9 Å². The Morgan fingerprint density at radius 2 is 2.04 bits per heavy atom. The Labute approximate surface area is 162 Å². The van der Waals surface area contributed by atoms with Crippen LogP contribution in [0.3, 0.4) is 0 Å². The van der Waals surface area contributed by atoms with Gasteiger partial charge < -0.3 is 19.3 Å². The molecule has 6 nitrogen and oxygen atoms in total. The summed E-state index contributed by atoms with van der Waals surface area (Å²) in [7, 11) is 2.13. The Bertz CT molecular complexity index is 905. The van der Waals surface area contributed by atoms with Crippen LogP contribution in [0.15, 0.2) is 16.2 Å². The Hall–Kier alpha value is -1.86. The van der Waals surface area contributed by atoms with Crippen molar-refractivity contribution in [3.05, 3.63) is 27.4 Å². The third-order valence-corrected chi connectivity index (χ3v) is 7.02. The van der Waals surface area contributed by atoms with Crippen LogP contribution in [0.5, 0.6) is 5.75 Å². The van der Waals surface area contributed by atoms with E-state index in [0.717, 1.165) is 38.5 Å². The highest BCUT2D eigenvalue weighted by Gasteiger charge is 2.40. The fraction of sp³-hybridized carbons (Fsp3) is 0.600. The van der Waals surface area contributed by atoms with Gasteiger partial charge in [0.1, 0.15) is 6.10 Å². The molecule has 2 aromatic rings. The van der Waals surface area contributed by atoms with Crippen molar-refractivity contribution in [2.45, 2.75) is 70.2 Å². The monoisotopic (exact) mass is 390 g/mol. The van der Waals surface area contributed by atoms with Crippen LogP contribution in [0.1, 0.15) is 55.8 Å². The van der Waals surface area contributed by atoms with Gasteiger partial charge in [0.15, 0.2) is 11.3 Å². The second kappa shape index (κ2) is 7.28. The SMILES string of the molecule is CCCCn1c(=O)c(C(=O)O[C@H]2C[C@H]3CC[C@@H](C2)N3C)c(O)c2sccc21. The smallest absolute Gasteiger partial charge is 0.347 e. The van der Waals surface area contributed by atoms with Crippen LogP contribution in [0.2, 0.25) is 0 Å². The topological polar surface area (TPSA) is 71.8 Å². The van der Waals surface area contributed by atoms with Gasteiger partial charge in [-0.1, -0.05) is 13.3 Å². The molecule has 4 rings (SSSR count). The number of unbranched alkanes of at least 4 members (excludes halogenated alkanes) is 1. The molecule has 2 aliphatic rings. The van der Waals surface area contributed by atoms with Gasteiger partial charge in [-0.05, 0) is 37.8 Å². The average Bonchev–Trinajstić information content (AvgIpc) is 3.18. The minimum atomic E-state index is -0.688. The summed E-state index contributed by atoms with van der Waals surface area (Å²) >= 11 is 1.33. The van der Waals surface area contributed by atoms with E-state index in [1.54, 1.807) is 4.57 Å². The van der Waals surface area contributed by atoms with Crippen LogP contribution in [0.4, 0.5) is 0 Å². The molecular weight excluding hydrogens is 364 g/mol. The van der Waals surface area contributed by atoms with Crippen molar-refractivity contribution in [2.75, 3.05) is 7.05 Å². The maximum Gasteiger partial charge on any atom is 0.347 e. The Balaban J connectivity index is 1.64. The van der Waals surface area contributed by atoms with Gasteiger partial charge >= 0.3 is 5.97 Å². The lowest BCUT2D eigenvalue weighted by molar-refractivity contribution is -0.000855. The van der Waals surface area contributed by atoms with Gasteiger partial charge in [0.2, 0.25) is 0 Å². The van der Waals surface area contributed by atoms with Crippen molar-refractivity contribution in [2.24, 2.45) is 0 Å². The van der Waals surface area contributed by atoms with E-state index in [-0.39, 0.29) is 17.4 Å². The molecule has 146 valence electrons. The van der Waals surface area contributed by atoms with Crippen LogP contribution >= 0.6 is 11.3 Å². The first kappa shape index (κ1) is 18.5. The Kier molecular flexibility index (Phi) is 4.99. The lowest BCUT2D eigenvalue weighted by Gasteiger charge is -2.35. The maximum absolute atomic E-state index is 13.0. The number of aromatic nitrogens is 1. The van der Waals surface area contributed by atoms with Crippen LogP contribution in [-0.2, 0) is 11.3 Å². The van der Waals surface area contributed by atoms with Crippen molar-refractivity contribution in [3.63, 3.8) is 0 Å². The summed E-state index contributed by atoms with van der Waals surface area (Å²) in [6.07, 6.45) is 5.44. The molecule has 3 atom stereocenters. The van der Waals surface area contributed by atoms with Crippen molar-refractivity contribution in [3.8, 4) is 5.75 Å². The summed E-state index contributed by atoms with van der Waals surface area (Å²) in [5.74, 6) is -0.925. The number of pyridine rings is 1. The Morgan fingerprint density at radius 3 is 2.70 bits per heavy atom. The van der Waals surface area contributed by atoms with Gasteiger partial charge in [0.05, 0.1) is 10.2 Å². The summed E-state index contributed by atoms with van der Waals surface area (Å²) in [6, 6.07) is 2.70. The lowest BCUT2D eigenvalue weighted by Crippen LogP contribution is -2.43. The molecule has 0 spiro atoms. The minimum Gasteiger partial charge on any atom is -0.505 e. The molecule has 0 unspecified atom stereocenters. The van der Waals surface area contributed by atoms with Gasteiger partial charge in [-0.2, -0.15) is 0 Å². The number of ether oxygens (including phenoxy) is 1. The molecule has 4 heterocycles. The number of hydrogen-bond acceptors (Lipinski definition) is 6. The minimum absolute atomic E-state index is 0.187. The van der Waals surface area contributed by atoms with E-state index in [9.17, 15) is 14.7 Å². The lowest BCUT2D eigenvalue weighted by atomic mass is 10.0. The van der Waals surface area contributed by atoms with Gasteiger partial charge in [-0.3, -0.25) is 4.79 Å². The molecule has 0 amide bonds. The maximum atomic E-state index is 13.0. The number of aryl methyl sites for hydroxylation is 1. The summed E-state index contributed by atoms with van der Waals surface area (Å²) in [5, 5.41) is 12.4. The first-order chi connectivity index (χ1) is 13.0. The highest BCUT2D eigenvalue weighted by molar-refractivity contribution is 7.17. The number of aromatic hydroxyl groups is 1. The van der Waals surface area contributed by atoms with Gasteiger partial charge in [-0.25, -0.2) is 4.79 Å². The van der Waals surface area contributed by atoms with Crippen molar-refractivity contribution in [1.29, 1.82) is 0 Å². The molecule has 2 saturated heterocycles. The largest absolute Gasteiger partial charge is 0.505 e. The van der Waals surface area contributed by atoms with E-state index < -0.39 is 11.5 Å². The third kappa shape index (κ3) is 3.17. The molecule has 0 radical (unpaired) electrons. The normalized spacial score (nSPS) is 25.2. The number of hydrogen-bond donors (Lipinski definition) is 1. The molecule has 1 N–H and O–H groups in total. The second-order valence-electron chi connectivity index (χ2n) is 7.72. The van der Waals surface area contributed by atoms with E-state index in [0.29, 0.717) is 28.8 Å². The predicted octanol–water partition coefficient (Wildman–Crippen LogP) is 3.35. The van der Waals surface area contributed by atoms with Crippen molar-refractivity contribution >= 4 is 27.5 Å². The molecule has 7 heteroatoms. The fourth-order valence-electron chi connectivity index (χ4n) is 4.54. The van der Waals surface area contributed by atoms with Crippen molar-refractivity contribution in [1.82, 2.24) is 9.47 Å². The summed E-state index contributed by atoms with van der Waals surface area (Å²) < 4.78 is 7.89. The first-order valence-corrected chi connectivity index (χ1v) is 10.6. The number of nitrogens with zero attached hydrogens (tertiary/aromatic N) is 2. The molecular formula is C20H26N2O4S. The zero-order valence-corrected chi connectivity index (χ0v) is 16.6. The first-order valence-electron chi connectivity index (χ1n) is 9.77. The quantitative estimate of drug-likeness (QED) is 0.793. The van der Waals surface area contributed by atoms with Crippen molar-refractivity contribution < 1.29 is 14.6 Å². The van der Waals surface area contributed by atoms with Crippen LogP contribution in [0, 0.1) is 0 Å². The summed E-state index contributed by atoms with van der Waals surface area (Å²) in [6.45, 7) is 2.58. The molecule has 0 aromatic carbocycles. The van der Waals surface area contributed by atoms with E-state index in [1.807, 2.05) is 11.4 Å². The molecule has 0 aliphatic carbocycles. The highest BCUT2D eigenvalue weighted by Crippen LogP contribution is 2.36. The molecule has 2 aliphatic heterocycles. The average molecular weight is 391 g/mol. The number of rotatable bonds is 5. The zero-order valence-electron chi connectivity index (χ0n) is 15.8. The van der Waals surface area contributed by atoms with Crippen LogP contribution in [-0.4, -0.2) is 45.8 Å². The van der Waals surface area contributed by atoms with Crippen LogP contribution < -0.4 is 5.56 Å². The standard InChI is InChI=1S/C20H26N2O4S/c1-3-4-8-22-15-7-9-27-18(15)17(23)16(19(22)24)20(25)26-14-10-12-5-6-13(11-14)21(12)2/h7,9,12-14,23H,3-6,8,10-11H2,1-2H3/t12-,13+,14+. The number of thiophene rings is 1. The molecule has 2 fully saturated rings. The number of piperidine rings is 1. The molecule has 27 heavy (non-hydrogen) atoms. The van der Waals surface area contributed by atoms with Gasteiger partial charge in [0, 0.05) is 31.5 Å². The Morgan fingerprint density at radius 1 is 1.33 bits per heavy atom. The van der Waals surface area contributed by atoms with E-state index >= 15 is 0 Å². The fourth-order valence-corrected chi connectivity index (χ4v) is 5.39. The summed E-state index contributed by atoms with van der Waals surface area (Å²) in [4.78, 5) is 28.2. The number of carbonyl (C=O) groups is 1. The number of carbonyl (C=O) groups excluding carboxylic acids is 1. The van der Waals surface area contributed by atoms with Crippen LogP contribution in [0.25, 0.3) is 10.2 Å². The van der Waals surface area contributed by atoms with Gasteiger partial charge in [0.25, 0.3) is 5.56 Å². The van der Waals surface area contributed by atoms with E-state index in [4.69, 9.17) is 4.74 Å². The number of fused-ring (bicyclic) bond motifs is 3. The highest BCUT2D eigenvalue weighted by atomic mass is 32.1. The molecule has 2 bridgehead atoms. The second-order valence-corrected chi connectivity index (χ2v) is 8.63. The zero-order chi connectivity index (χ0) is 19.1. The third-order valence-electron chi connectivity index (χ3n) is 6.11. The van der Waals surface area contributed by atoms with E-state index in [1.165, 1.54) is 11.3 Å². The number of esters is 1. The predicted molar refractivity (Wildman–Crippen MR) is 106 cm³/mol. The molecule has 0 saturated carbocycles.